The lowest BCUT2D eigenvalue weighted by Crippen LogP contribution is -2.27. The summed E-state index contributed by atoms with van der Waals surface area (Å²) in [4.78, 5) is 12.3. The van der Waals surface area contributed by atoms with Gasteiger partial charge in [0.25, 0.3) is 5.91 Å². The smallest absolute Gasteiger partial charge is 0.268 e. The van der Waals surface area contributed by atoms with E-state index in [0.29, 0.717) is 18.2 Å². The van der Waals surface area contributed by atoms with Crippen molar-refractivity contribution in [2.24, 2.45) is 13.0 Å². The van der Waals surface area contributed by atoms with E-state index in [0.717, 1.165) is 28.5 Å². The van der Waals surface area contributed by atoms with Crippen molar-refractivity contribution in [3.63, 3.8) is 0 Å². The van der Waals surface area contributed by atoms with Gasteiger partial charge in [-0.2, -0.15) is 0 Å². The highest BCUT2D eigenvalue weighted by atomic mass is 16.3. The number of amides is 1. The summed E-state index contributed by atoms with van der Waals surface area (Å²) in [5, 5.41) is 4.01. The molecule has 2 aromatic heterocycles. The van der Waals surface area contributed by atoms with Gasteiger partial charge in [-0.15, -0.1) is 0 Å². The number of aromatic nitrogens is 1. The third-order valence-electron chi connectivity index (χ3n) is 3.80. The number of hydrogen-bond donors (Lipinski definition) is 1. The molecule has 0 aliphatic rings. The first-order valence-corrected chi connectivity index (χ1v) is 7.33. The summed E-state index contributed by atoms with van der Waals surface area (Å²) in [7, 11) is 1.90. The number of rotatable bonds is 4. The number of nitrogens with one attached hydrogen (secondary N) is 1. The largest absolute Gasteiger partial charge is 0.454 e. The molecule has 21 heavy (non-hydrogen) atoms. The minimum absolute atomic E-state index is 0.0476. The molecule has 4 heteroatoms. The highest BCUT2D eigenvalue weighted by Gasteiger charge is 2.18. The normalized spacial score (nSPS) is 11.6. The van der Waals surface area contributed by atoms with E-state index in [1.807, 2.05) is 41.9 Å². The Balaban J connectivity index is 1.93. The van der Waals surface area contributed by atoms with E-state index < -0.39 is 0 Å². The molecule has 3 rings (SSSR count). The van der Waals surface area contributed by atoms with Gasteiger partial charge in [0.05, 0.1) is 5.52 Å². The van der Waals surface area contributed by atoms with Crippen LogP contribution in [0.3, 0.4) is 0 Å². The lowest BCUT2D eigenvalue weighted by Gasteiger charge is -2.08. The lowest BCUT2D eigenvalue weighted by atomic mass is 10.1. The Morgan fingerprint density at radius 3 is 2.81 bits per heavy atom. The summed E-state index contributed by atoms with van der Waals surface area (Å²) >= 11 is 0. The average Bonchev–Trinajstić information content (AvgIpc) is 2.95. The monoisotopic (exact) mass is 284 g/mol. The molecule has 1 aromatic carbocycles. The Morgan fingerprint density at radius 2 is 2.05 bits per heavy atom. The maximum Gasteiger partial charge on any atom is 0.268 e. The molecular weight excluding hydrogens is 264 g/mol. The molecule has 0 bridgehead atoms. The van der Waals surface area contributed by atoms with E-state index in [1.165, 1.54) is 0 Å². The van der Waals surface area contributed by atoms with Crippen LogP contribution in [0.1, 0.15) is 30.8 Å². The molecule has 0 saturated heterocycles. The maximum atomic E-state index is 12.3. The van der Waals surface area contributed by atoms with Gasteiger partial charge in [0.15, 0.2) is 5.58 Å². The predicted octanol–water partition coefficient (Wildman–Crippen LogP) is 3.70. The van der Waals surface area contributed by atoms with Crippen molar-refractivity contribution in [1.29, 1.82) is 0 Å². The molecule has 2 heterocycles. The van der Waals surface area contributed by atoms with Crippen LogP contribution in [0.25, 0.3) is 22.1 Å². The van der Waals surface area contributed by atoms with Crippen LogP contribution in [0.5, 0.6) is 0 Å². The molecule has 0 fully saturated rings. The predicted molar refractivity (Wildman–Crippen MR) is 84.5 cm³/mol. The fourth-order valence-electron chi connectivity index (χ4n) is 2.62. The van der Waals surface area contributed by atoms with E-state index >= 15 is 0 Å². The van der Waals surface area contributed by atoms with Crippen LogP contribution >= 0.6 is 0 Å². The van der Waals surface area contributed by atoms with Crippen molar-refractivity contribution in [1.82, 2.24) is 9.88 Å². The van der Waals surface area contributed by atoms with Crippen molar-refractivity contribution in [3.8, 4) is 0 Å². The first-order valence-electron chi connectivity index (χ1n) is 7.33. The van der Waals surface area contributed by atoms with E-state index in [-0.39, 0.29) is 5.91 Å². The third-order valence-corrected chi connectivity index (χ3v) is 3.80. The zero-order valence-electron chi connectivity index (χ0n) is 12.6. The Bertz CT molecular complexity index is 796. The summed E-state index contributed by atoms with van der Waals surface area (Å²) in [6.07, 6.45) is 0.981. The van der Waals surface area contributed by atoms with Crippen LogP contribution in [0.2, 0.25) is 0 Å². The van der Waals surface area contributed by atoms with Crippen molar-refractivity contribution in [2.45, 2.75) is 20.3 Å². The van der Waals surface area contributed by atoms with E-state index in [2.05, 4.69) is 19.2 Å². The lowest BCUT2D eigenvalue weighted by molar-refractivity contribution is 0.0944. The first kappa shape index (κ1) is 13.7. The van der Waals surface area contributed by atoms with Crippen molar-refractivity contribution in [3.05, 3.63) is 36.0 Å². The Morgan fingerprint density at radius 1 is 1.29 bits per heavy atom. The number of carbonyl (C=O) groups excluding carboxylic acids is 1. The minimum Gasteiger partial charge on any atom is -0.454 e. The molecule has 0 atom stereocenters. The van der Waals surface area contributed by atoms with Crippen LogP contribution in [-0.4, -0.2) is 17.0 Å². The number of aryl methyl sites for hydroxylation is 1. The molecule has 110 valence electrons. The standard InChI is InChI=1S/C17H20N2O2/c1-11(2)8-9-18-17(20)13-10-15-16(19(13)3)12-6-4-5-7-14(12)21-15/h4-7,10-11H,8-9H2,1-3H3,(H,18,20). The van der Waals surface area contributed by atoms with Gasteiger partial charge in [0, 0.05) is 25.0 Å². The molecule has 1 N–H and O–H groups in total. The Kier molecular flexibility index (Phi) is 3.45. The van der Waals surface area contributed by atoms with Crippen LogP contribution in [0, 0.1) is 5.92 Å². The minimum atomic E-state index is -0.0476. The second kappa shape index (κ2) is 5.28. The SMILES string of the molecule is CC(C)CCNC(=O)c1cc2oc3ccccc3c2n1C. The second-order valence-electron chi connectivity index (χ2n) is 5.84. The molecule has 0 aliphatic heterocycles. The second-order valence-corrected chi connectivity index (χ2v) is 5.84. The molecule has 1 amide bonds. The average molecular weight is 284 g/mol. The van der Waals surface area contributed by atoms with Crippen molar-refractivity contribution in [2.75, 3.05) is 6.54 Å². The zero-order valence-corrected chi connectivity index (χ0v) is 12.6. The number of furan rings is 1. The van der Waals surface area contributed by atoms with Gasteiger partial charge in [-0.25, -0.2) is 0 Å². The van der Waals surface area contributed by atoms with Gasteiger partial charge in [-0.3, -0.25) is 4.79 Å². The van der Waals surface area contributed by atoms with Gasteiger partial charge < -0.3 is 14.3 Å². The number of hydrogen-bond acceptors (Lipinski definition) is 2. The number of carbonyl (C=O) groups is 1. The quantitative estimate of drug-likeness (QED) is 0.794. The number of nitrogens with zero attached hydrogens (tertiary/aromatic N) is 1. The fraction of sp³-hybridized carbons (Fsp3) is 0.353. The van der Waals surface area contributed by atoms with E-state index in [9.17, 15) is 4.79 Å². The van der Waals surface area contributed by atoms with Crippen molar-refractivity contribution < 1.29 is 9.21 Å². The van der Waals surface area contributed by atoms with Gasteiger partial charge in [0.1, 0.15) is 11.3 Å². The van der Waals surface area contributed by atoms with Gasteiger partial charge >= 0.3 is 0 Å². The van der Waals surface area contributed by atoms with Crippen molar-refractivity contribution >= 4 is 28.0 Å². The molecule has 0 spiro atoms. The molecule has 0 aliphatic carbocycles. The first-order chi connectivity index (χ1) is 10.1. The van der Waals surface area contributed by atoms with Gasteiger partial charge in [-0.05, 0) is 24.5 Å². The van der Waals surface area contributed by atoms with Crippen LogP contribution in [-0.2, 0) is 7.05 Å². The summed E-state index contributed by atoms with van der Waals surface area (Å²) in [5.41, 5.74) is 3.22. The van der Waals surface area contributed by atoms with Gasteiger partial charge in [0.2, 0.25) is 0 Å². The summed E-state index contributed by atoms with van der Waals surface area (Å²) < 4.78 is 7.71. The molecule has 0 unspecified atom stereocenters. The summed E-state index contributed by atoms with van der Waals surface area (Å²) in [5.74, 6) is 0.535. The van der Waals surface area contributed by atoms with E-state index in [1.54, 1.807) is 0 Å². The highest BCUT2D eigenvalue weighted by Crippen LogP contribution is 2.30. The van der Waals surface area contributed by atoms with Crippen LogP contribution < -0.4 is 5.32 Å². The topological polar surface area (TPSA) is 47.2 Å². The number of benzene rings is 1. The summed E-state index contributed by atoms with van der Waals surface area (Å²) in [6, 6.07) is 9.70. The zero-order chi connectivity index (χ0) is 15.0. The summed E-state index contributed by atoms with van der Waals surface area (Å²) in [6.45, 7) is 4.99. The highest BCUT2D eigenvalue weighted by molar-refractivity contribution is 6.07. The van der Waals surface area contributed by atoms with Crippen LogP contribution in [0.4, 0.5) is 0 Å². The maximum absolute atomic E-state index is 12.3. The molecule has 0 radical (unpaired) electrons. The van der Waals surface area contributed by atoms with Gasteiger partial charge in [-0.1, -0.05) is 26.0 Å². The Labute approximate surface area is 123 Å². The fourth-order valence-corrected chi connectivity index (χ4v) is 2.62. The van der Waals surface area contributed by atoms with E-state index in [4.69, 9.17) is 4.42 Å². The number of para-hydroxylation sites is 1. The molecule has 4 nitrogen and oxygen atoms in total. The molecule has 0 saturated carbocycles. The molecular formula is C17H20N2O2. The molecule has 3 aromatic rings. The number of fused-ring (bicyclic) bond motifs is 3. The Hall–Kier alpha value is -2.23. The third kappa shape index (κ3) is 2.42. The van der Waals surface area contributed by atoms with Crippen LogP contribution in [0.15, 0.2) is 34.7 Å².